The Morgan fingerprint density at radius 2 is 2.05 bits per heavy atom. The van der Waals surface area contributed by atoms with Crippen molar-refractivity contribution in [2.45, 2.75) is 6.92 Å². The third-order valence-corrected chi connectivity index (χ3v) is 3.53. The number of nitrogens with zero attached hydrogens (tertiary/aromatic N) is 3. The second-order valence-corrected chi connectivity index (χ2v) is 5.06. The number of benzene rings is 1. The van der Waals surface area contributed by atoms with Gasteiger partial charge in [0.25, 0.3) is 5.91 Å². The molecule has 1 saturated heterocycles. The average Bonchev–Trinajstić information content (AvgIpc) is 2.48. The first-order chi connectivity index (χ1) is 10.2. The van der Waals surface area contributed by atoms with Crippen LogP contribution in [0.15, 0.2) is 29.4 Å². The van der Waals surface area contributed by atoms with E-state index in [-0.39, 0.29) is 11.7 Å². The summed E-state index contributed by atoms with van der Waals surface area (Å²) in [6, 6.07) is 6.06. The second-order valence-electron chi connectivity index (χ2n) is 5.06. The van der Waals surface area contributed by atoms with E-state index in [0.29, 0.717) is 12.1 Å². The molecule has 0 aliphatic carbocycles. The molecule has 1 amide bonds. The maximum Gasteiger partial charge on any atom is 0.254 e. The number of halogens is 1. The van der Waals surface area contributed by atoms with Gasteiger partial charge in [-0.25, -0.2) is 9.82 Å². The molecular weight excluding hydrogens is 271 g/mol. The van der Waals surface area contributed by atoms with Crippen molar-refractivity contribution in [3.05, 3.63) is 35.6 Å². The van der Waals surface area contributed by atoms with Gasteiger partial charge in [0.1, 0.15) is 5.82 Å². The number of hydrogen-bond donors (Lipinski definition) is 1. The van der Waals surface area contributed by atoms with Gasteiger partial charge in [0.15, 0.2) is 0 Å². The smallest absolute Gasteiger partial charge is 0.254 e. The van der Waals surface area contributed by atoms with E-state index in [4.69, 9.17) is 0 Å². The van der Waals surface area contributed by atoms with Crippen LogP contribution in [0.1, 0.15) is 12.5 Å². The number of likely N-dealkylation sites (N-methyl/N-ethyl adjacent to an activating group) is 1. The van der Waals surface area contributed by atoms with E-state index in [1.54, 1.807) is 12.1 Å². The standard InChI is InChI=1S/C15H21FN4O/c1-2-19-6-8-20(9-7-19)12-15(21)18-17-11-13-4-3-5-14(16)10-13/h3-5,10-11H,2,6-9,12H2,1H3,(H,18,21)/b17-11+. The maximum atomic E-state index is 13.0. The summed E-state index contributed by atoms with van der Waals surface area (Å²) >= 11 is 0. The predicted octanol–water partition coefficient (Wildman–Crippen LogP) is 0.913. The van der Waals surface area contributed by atoms with Gasteiger partial charge in [-0.1, -0.05) is 19.1 Å². The third-order valence-electron chi connectivity index (χ3n) is 3.53. The zero-order chi connectivity index (χ0) is 15.1. The van der Waals surface area contributed by atoms with Crippen LogP contribution in [-0.4, -0.2) is 61.2 Å². The van der Waals surface area contributed by atoms with Crippen molar-refractivity contribution in [1.82, 2.24) is 15.2 Å². The Kier molecular flexibility index (Phi) is 5.83. The topological polar surface area (TPSA) is 47.9 Å². The van der Waals surface area contributed by atoms with Gasteiger partial charge >= 0.3 is 0 Å². The largest absolute Gasteiger partial charge is 0.301 e. The molecule has 2 rings (SSSR count). The number of rotatable bonds is 5. The minimum Gasteiger partial charge on any atom is -0.301 e. The molecule has 0 bridgehead atoms. The fraction of sp³-hybridized carbons (Fsp3) is 0.467. The quantitative estimate of drug-likeness (QED) is 0.648. The lowest BCUT2D eigenvalue weighted by molar-refractivity contribution is -0.122. The molecule has 0 unspecified atom stereocenters. The highest BCUT2D eigenvalue weighted by Gasteiger charge is 2.17. The van der Waals surface area contributed by atoms with Crippen LogP contribution >= 0.6 is 0 Å². The van der Waals surface area contributed by atoms with E-state index in [1.807, 2.05) is 0 Å². The van der Waals surface area contributed by atoms with Gasteiger partial charge < -0.3 is 4.90 Å². The van der Waals surface area contributed by atoms with Crippen molar-refractivity contribution in [2.75, 3.05) is 39.3 Å². The highest BCUT2D eigenvalue weighted by atomic mass is 19.1. The van der Waals surface area contributed by atoms with Gasteiger partial charge in [-0.15, -0.1) is 0 Å². The Bertz CT molecular complexity index is 498. The zero-order valence-corrected chi connectivity index (χ0v) is 12.3. The van der Waals surface area contributed by atoms with Crippen LogP contribution in [-0.2, 0) is 4.79 Å². The Morgan fingerprint density at radius 1 is 1.33 bits per heavy atom. The van der Waals surface area contributed by atoms with Crippen molar-refractivity contribution in [2.24, 2.45) is 5.10 Å². The minimum atomic E-state index is -0.320. The molecule has 6 heteroatoms. The fourth-order valence-corrected chi connectivity index (χ4v) is 2.27. The number of carbonyl (C=O) groups is 1. The summed E-state index contributed by atoms with van der Waals surface area (Å²) in [6.07, 6.45) is 1.44. The molecule has 1 aromatic carbocycles. The molecule has 1 aliphatic rings. The summed E-state index contributed by atoms with van der Waals surface area (Å²) in [4.78, 5) is 16.2. The number of carbonyl (C=O) groups excluding carboxylic acids is 1. The van der Waals surface area contributed by atoms with Crippen LogP contribution in [0.4, 0.5) is 4.39 Å². The van der Waals surface area contributed by atoms with Crippen molar-refractivity contribution in [3.8, 4) is 0 Å². The number of hydrazone groups is 1. The van der Waals surface area contributed by atoms with Crippen molar-refractivity contribution in [3.63, 3.8) is 0 Å². The molecule has 1 aromatic rings. The Labute approximate surface area is 124 Å². The van der Waals surface area contributed by atoms with Crippen molar-refractivity contribution in [1.29, 1.82) is 0 Å². The number of nitrogens with one attached hydrogen (secondary N) is 1. The summed E-state index contributed by atoms with van der Waals surface area (Å²) in [5.74, 6) is -0.466. The lowest BCUT2D eigenvalue weighted by Gasteiger charge is -2.33. The number of amides is 1. The highest BCUT2D eigenvalue weighted by Crippen LogP contribution is 2.01. The van der Waals surface area contributed by atoms with Crippen molar-refractivity contribution < 1.29 is 9.18 Å². The highest BCUT2D eigenvalue weighted by molar-refractivity contribution is 5.83. The van der Waals surface area contributed by atoms with E-state index in [0.717, 1.165) is 32.7 Å². The second kappa shape index (κ2) is 7.85. The molecule has 1 N–H and O–H groups in total. The molecule has 1 fully saturated rings. The minimum absolute atomic E-state index is 0.146. The van der Waals surface area contributed by atoms with Gasteiger partial charge in [-0.05, 0) is 24.2 Å². The first-order valence-corrected chi connectivity index (χ1v) is 7.19. The van der Waals surface area contributed by atoms with Gasteiger partial charge in [-0.3, -0.25) is 9.69 Å². The first kappa shape index (κ1) is 15.6. The Balaban J connectivity index is 1.72. The van der Waals surface area contributed by atoms with Gasteiger partial charge in [-0.2, -0.15) is 5.10 Å². The molecule has 21 heavy (non-hydrogen) atoms. The molecule has 0 spiro atoms. The molecular formula is C15H21FN4O. The Hall–Kier alpha value is -1.79. The van der Waals surface area contributed by atoms with Crippen LogP contribution in [0, 0.1) is 5.82 Å². The molecule has 114 valence electrons. The van der Waals surface area contributed by atoms with Gasteiger partial charge in [0.05, 0.1) is 12.8 Å². The van der Waals surface area contributed by atoms with Gasteiger partial charge in [0, 0.05) is 26.2 Å². The number of piperazine rings is 1. The summed E-state index contributed by atoms with van der Waals surface area (Å²) in [5.41, 5.74) is 3.09. The normalized spacial score (nSPS) is 17.2. The van der Waals surface area contributed by atoms with Crippen molar-refractivity contribution >= 4 is 12.1 Å². The maximum absolute atomic E-state index is 13.0. The van der Waals surface area contributed by atoms with Crippen LogP contribution < -0.4 is 5.43 Å². The summed E-state index contributed by atoms with van der Waals surface area (Å²) < 4.78 is 13.0. The summed E-state index contributed by atoms with van der Waals surface area (Å²) in [6.45, 7) is 7.33. The van der Waals surface area contributed by atoms with E-state index in [9.17, 15) is 9.18 Å². The van der Waals surface area contributed by atoms with E-state index >= 15 is 0 Å². The zero-order valence-electron chi connectivity index (χ0n) is 12.3. The summed E-state index contributed by atoms with van der Waals surface area (Å²) in [7, 11) is 0. The van der Waals surface area contributed by atoms with E-state index < -0.39 is 0 Å². The summed E-state index contributed by atoms with van der Waals surface area (Å²) in [5, 5.41) is 3.85. The molecule has 5 nitrogen and oxygen atoms in total. The molecule has 1 heterocycles. The fourth-order valence-electron chi connectivity index (χ4n) is 2.27. The lowest BCUT2D eigenvalue weighted by Crippen LogP contribution is -2.48. The molecule has 1 aliphatic heterocycles. The van der Waals surface area contributed by atoms with E-state index in [1.165, 1.54) is 18.3 Å². The Morgan fingerprint density at radius 3 is 2.71 bits per heavy atom. The monoisotopic (exact) mass is 292 g/mol. The molecule has 0 aromatic heterocycles. The van der Waals surface area contributed by atoms with Crippen LogP contribution in [0.5, 0.6) is 0 Å². The molecule has 0 radical (unpaired) electrons. The van der Waals surface area contributed by atoms with E-state index in [2.05, 4.69) is 27.3 Å². The van der Waals surface area contributed by atoms with Crippen LogP contribution in [0.3, 0.4) is 0 Å². The first-order valence-electron chi connectivity index (χ1n) is 7.19. The third kappa shape index (κ3) is 5.24. The SMILES string of the molecule is CCN1CCN(CC(=O)N/N=C/c2cccc(F)c2)CC1. The number of hydrogen-bond acceptors (Lipinski definition) is 4. The predicted molar refractivity (Wildman–Crippen MR) is 80.7 cm³/mol. The average molecular weight is 292 g/mol. The lowest BCUT2D eigenvalue weighted by atomic mass is 10.2. The van der Waals surface area contributed by atoms with Crippen LogP contribution in [0.25, 0.3) is 0 Å². The van der Waals surface area contributed by atoms with Gasteiger partial charge in [0.2, 0.25) is 0 Å². The van der Waals surface area contributed by atoms with Crippen LogP contribution in [0.2, 0.25) is 0 Å². The molecule has 0 saturated carbocycles. The molecule has 0 atom stereocenters.